The zero-order chi connectivity index (χ0) is 12.4. The summed E-state index contributed by atoms with van der Waals surface area (Å²) < 4.78 is 0. The van der Waals surface area contributed by atoms with Crippen molar-refractivity contribution in [3.05, 3.63) is 35.9 Å². The summed E-state index contributed by atoms with van der Waals surface area (Å²) in [4.78, 5) is 5.26. The summed E-state index contributed by atoms with van der Waals surface area (Å²) in [7, 11) is 0. The molecule has 3 rings (SSSR count). The predicted octanol–water partition coefficient (Wildman–Crippen LogP) is 3.45. The van der Waals surface area contributed by atoms with Crippen molar-refractivity contribution in [1.82, 2.24) is 9.80 Å². The summed E-state index contributed by atoms with van der Waals surface area (Å²) in [5.74, 6) is 0. The van der Waals surface area contributed by atoms with Crippen molar-refractivity contribution < 1.29 is 0 Å². The van der Waals surface area contributed by atoms with Gasteiger partial charge in [-0.05, 0) is 43.5 Å². The van der Waals surface area contributed by atoms with E-state index in [2.05, 4.69) is 47.1 Å². The van der Waals surface area contributed by atoms with Crippen LogP contribution in [-0.4, -0.2) is 42.5 Å². The molecule has 2 aliphatic rings. The molecule has 1 spiro atoms. The largest absolute Gasteiger partial charge is 0.303 e. The molecular formula is C16H26Cl2N2. The molecule has 2 aliphatic heterocycles. The van der Waals surface area contributed by atoms with Crippen molar-refractivity contribution >= 4 is 24.8 Å². The highest BCUT2D eigenvalue weighted by Gasteiger charge is 2.42. The molecule has 0 saturated carbocycles. The molecule has 2 fully saturated rings. The van der Waals surface area contributed by atoms with Crippen LogP contribution in [0, 0.1) is 5.41 Å². The van der Waals surface area contributed by atoms with Gasteiger partial charge in [-0.3, -0.25) is 4.90 Å². The number of halogens is 2. The Balaban J connectivity index is 0.000001000. The highest BCUT2D eigenvalue weighted by molar-refractivity contribution is 5.85. The number of likely N-dealkylation sites (tertiary alicyclic amines) is 2. The molecule has 0 N–H and O–H groups in total. The van der Waals surface area contributed by atoms with Crippen LogP contribution in [0.3, 0.4) is 0 Å². The zero-order valence-corrected chi connectivity index (χ0v) is 13.9. The Morgan fingerprint density at radius 1 is 0.950 bits per heavy atom. The molecule has 0 aromatic heterocycles. The normalized spacial score (nSPS) is 26.4. The van der Waals surface area contributed by atoms with Gasteiger partial charge in [0.1, 0.15) is 0 Å². The summed E-state index contributed by atoms with van der Waals surface area (Å²) >= 11 is 0. The number of nitrogens with zero attached hydrogens (tertiary/aromatic N) is 2. The van der Waals surface area contributed by atoms with Crippen LogP contribution >= 0.6 is 24.8 Å². The van der Waals surface area contributed by atoms with Crippen molar-refractivity contribution in [2.24, 2.45) is 5.41 Å². The second-order valence-electron chi connectivity index (χ2n) is 6.07. The van der Waals surface area contributed by atoms with Gasteiger partial charge in [-0.15, -0.1) is 24.8 Å². The quantitative estimate of drug-likeness (QED) is 0.842. The maximum Gasteiger partial charge on any atom is 0.0233 e. The monoisotopic (exact) mass is 316 g/mol. The minimum Gasteiger partial charge on any atom is -0.303 e. The van der Waals surface area contributed by atoms with Gasteiger partial charge in [0.05, 0.1) is 0 Å². The Morgan fingerprint density at radius 3 is 2.15 bits per heavy atom. The van der Waals surface area contributed by atoms with E-state index in [1.54, 1.807) is 0 Å². The standard InChI is InChI=1S/C16H24N2.2ClH/c1-2-17-10-8-16(13-17)9-11-18(14-16)12-15-6-4-3-5-7-15;;/h3-7H,2,8-14H2,1H3;2*1H. The highest BCUT2D eigenvalue weighted by Crippen LogP contribution is 2.39. The van der Waals surface area contributed by atoms with Crippen LogP contribution in [0.5, 0.6) is 0 Å². The van der Waals surface area contributed by atoms with Crippen LogP contribution in [0.4, 0.5) is 0 Å². The fraction of sp³-hybridized carbons (Fsp3) is 0.625. The molecule has 1 aromatic rings. The maximum atomic E-state index is 2.65. The second kappa shape index (κ2) is 7.65. The lowest BCUT2D eigenvalue weighted by molar-refractivity contribution is 0.241. The minimum absolute atomic E-state index is 0. The fourth-order valence-electron chi connectivity index (χ4n) is 3.64. The average Bonchev–Trinajstić information content (AvgIpc) is 2.99. The van der Waals surface area contributed by atoms with E-state index in [1.807, 2.05) is 0 Å². The van der Waals surface area contributed by atoms with Crippen LogP contribution in [-0.2, 0) is 6.54 Å². The molecule has 0 amide bonds. The third-order valence-electron chi connectivity index (χ3n) is 4.73. The van der Waals surface area contributed by atoms with Crippen LogP contribution in [0.2, 0.25) is 0 Å². The molecule has 0 aliphatic carbocycles. The lowest BCUT2D eigenvalue weighted by Crippen LogP contribution is -2.30. The van der Waals surface area contributed by atoms with E-state index in [1.165, 1.54) is 51.1 Å². The van der Waals surface area contributed by atoms with E-state index in [0.29, 0.717) is 5.41 Å². The van der Waals surface area contributed by atoms with Crippen LogP contribution in [0.15, 0.2) is 30.3 Å². The van der Waals surface area contributed by atoms with Gasteiger partial charge in [0.15, 0.2) is 0 Å². The number of rotatable bonds is 3. The molecule has 2 heterocycles. The number of hydrogen-bond donors (Lipinski definition) is 0. The first-order chi connectivity index (χ1) is 8.80. The molecule has 1 atom stereocenters. The van der Waals surface area contributed by atoms with Crippen molar-refractivity contribution in [3.8, 4) is 0 Å². The summed E-state index contributed by atoms with van der Waals surface area (Å²) in [6.45, 7) is 9.88. The van der Waals surface area contributed by atoms with Crippen LogP contribution in [0.1, 0.15) is 25.3 Å². The summed E-state index contributed by atoms with van der Waals surface area (Å²) in [6.07, 6.45) is 2.81. The van der Waals surface area contributed by atoms with Crippen LogP contribution in [0.25, 0.3) is 0 Å². The second-order valence-corrected chi connectivity index (χ2v) is 6.07. The van der Waals surface area contributed by atoms with Gasteiger partial charge in [-0.25, -0.2) is 0 Å². The Labute approximate surface area is 135 Å². The van der Waals surface area contributed by atoms with E-state index in [4.69, 9.17) is 0 Å². The van der Waals surface area contributed by atoms with E-state index < -0.39 is 0 Å². The van der Waals surface area contributed by atoms with E-state index >= 15 is 0 Å². The van der Waals surface area contributed by atoms with Gasteiger partial charge in [-0.2, -0.15) is 0 Å². The molecule has 0 radical (unpaired) electrons. The van der Waals surface area contributed by atoms with Gasteiger partial charge in [-0.1, -0.05) is 37.3 Å². The van der Waals surface area contributed by atoms with Crippen molar-refractivity contribution in [3.63, 3.8) is 0 Å². The smallest absolute Gasteiger partial charge is 0.0233 e. The Hall–Kier alpha value is -0.280. The lowest BCUT2D eigenvalue weighted by atomic mass is 9.86. The molecular weight excluding hydrogens is 291 g/mol. The van der Waals surface area contributed by atoms with Crippen molar-refractivity contribution in [1.29, 1.82) is 0 Å². The molecule has 1 aromatic carbocycles. The molecule has 1 unspecified atom stereocenters. The molecule has 114 valence electrons. The molecule has 0 bridgehead atoms. The number of hydrogen-bond acceptors (Lipinski definition) is 2. The van der Waals surface area contributed by atoms with Gasteiger partial charge < -0.3 is 4.90 Å². The third kappa shape index (κ3) is 3.88. The first kappa shape index (κ1) is 17.8. The summed E-state index contributed by atoms with van der Waals surface area (Å²) in [5, 5.41) is 0. The summed E-state index contributed by atoms with van der Waals surface area (Å²) in [6, 6.07) is 10.9. The topological polar surface area (TPSA) is 6.48 Å². The fourth-order valence-corrected chi connectivity index (χ4v) is 3.64. The average molecular weight is 317 g/mol. The van der Waals surface area contributed by atoms with E-state index in [0.717, 1.165) is 6.54 Å². The van der Waals surface area contributed by atoms with Crippen molar-refractivity contribution in [2.75, 3.05) is 32.7 Å². The van der Waals surface area contributed by atoms with Gasteiger partial charge >= 0.3 is 0 Å². The van der Waals surface area contributed by atoms with E-state index in [9.17, 15) is 0 Å². The molecule has 2 nitrogen and oxygen atoms in total. The summed E-state index contributed by atoms with van der Waals surface area (Å²) in [5.41, 5.74) is 2.07. The zero-order valence-electron chi connectivity index (χ0n) is 12.3. The number of benzene rings is 1. The van der Waals surface area contributed by atoms with E-state index in [-0.39, 0.29) is 24.8 Å². The minimum atomic E-state index is 0. The first-order valence-corrected chi connectivity index (χ1v) is 7.28. The molecule has 20 heavy (non-hydrogen) atoms. The highest BCUT2D eigenvalue weighted by atomic mass is 35.5. The molecule has 2 saturated heterocycles. The lowest BCUT2D eigenvalue weighted by Gasteiger charge is -2.24. The predicted molar refractivity (Wildman–Crippen MR) is 90.0 cm³/mol. The van der Waals surface area contributed by atoms with Gasteiger partial charge in [0.2, 0.25) is 0 Å². The maximum absolute atomic E-state index is 2.65. The SMILES string of the molecule is CCN1CCC2(CCN(Cc3ccccc3)C2)C1.Cl.Cl. The van der Waals surface area contributed by atoms with Gasteiger partial charge in [0, 0.05) is 19.6 Å². The van der Waals surface area contributed by atoms with Gasteiger partial charge in [0.25, 0.3) is 0 Å². The Kier molecular flexibility index (Phi) is 6.80. The van der Waals surface area contributed by atoms with Crippen LogP contribution < -0.4 is 0 Å². The third-order valence-corrected chi connectivity index (χ3v) is 4.73. The first-order valence-electron chi connectivity index (χ1n) is 7.28. The Morgan fingerprint density at radius 2 is 1.55 bits per heavy atom. The molecule has 4 heteroatoms. The van der Waals surface area contributed by atoms with Crippen molar-refractivity contribution in [2.45, 2.75) is 26.3 Å². The Bertz CT molecular complexity index is 399.